The van der Waals surface area contributed by atoms with Crippen LogP contribution in [0.1, 0.15) is 106 Å². The lowest BCUT2D eigenvalue weighted by molar-refractivity contribution is -0.148. The summed E-state index contributed by atoms with van der Waals surface area (Å²) in [5, 5.41) is 2.38. The van der Waals surface area contributed by atoms with Gasteiger partial charge in [-0.1, -0.05) is 19.8 Å². The maximum Gasteiger partial charge on any atom is 0.255 e. The molecule has 0 aromatic heterocycles. The van der Waals surface area contributed by atoms with Crippen molar-refractivity contribution in [2.75, 3.05) is 26.2 Å². The predicted octanol–water partition coefficient (Wildman–Crippen LogP) is 4.28. The monoisotopic (exact) mass is 604 g/mol. The molecular formula is C35H48N4O5. The van der Waals surface area contributed by atoms with Gasteiger partial charge >= 0.3 is 0 Å². The average Bonchev–Trinajstić information content (AvgIpc) is 3.35. The number of hydrogen-bond acceptors (Lipinski definition) is 6. The molecule has 9 nitrogen and oxygen atoms in total. The number of likely N-dealkylation sites (tertiary alicyclic amines) is 2. The van der Waals surface area contributed by atoms with Crippen LogP contribution >= 0.6 is 0 Å². The molecule has 7 rings (SSSR count). The number of nitrogens with zero attached hydrogens (tertiary/aromatic N) is 3. The second-order valence-electron chi connectivity index (χ2n) is 14.6. The van der Waals surface area contributed by atoms with Crippen LogP contribution in [-0.4, -0.2) is 82.7 Å². The molecule has 1 unspecified atom stereocenters. The van der Waals surface area contributed by atoms with E-state index in [1.54, 1.807) is 4.90 Å². The Labute approximate surface area is 261 Å². The molecule has 4 heterocycles. The van der Waals surface area contributed by atoms with E-state index in [0.717, 1.165) is 87.9 Å². The van der Waals surface area contributed by atoms with Gasteiger partial charge in [0, 0.05) is 43.1 Å². The van der Waals surface area contributed by atoms with Crippen molar-refractivity contribution in [3.63, 3.8) is 0 Å². The van der Waals surface area contributed by atoms with Gasteiger partial charge in [-0.3, -0.25) is 29.4 Å². The van der Waals surface area contributed by atoms with Gasteiger partial charge in [-0.15, -0.1) is 0 Å². The largest absolute Gasteiger partial charge is 0.489 e. The van der Waals surface area contributed by atoms with Crippen molar-refractivity contribution in [3.8, 4) is 5.75 Å². The maximum absolute atomic E-state index is 13.1. The molecule has 1 aromatic carbocycles. The van der Waals surface area contributed by atoms with Crippen molar-refractivity contribution < 1.29 is 23.9 Å². The van der Waals surface area contributed by atoms with Crippen molar-refractivity contribution in [2.45, 2.75) is 115 Å². The predicted molar refractivity (Wildman–Crippen MR) is 165 cm³/mol. The van der Waals surface area contributed by atoms with E-state index in [2.05, 4.69) is 22.0 Å². The summed E-state index contributed by atoms with van der Waals surface area (Å²) in [4.78, 5) is 56.6. The Kier molecular flexibility index (Phi) is 8.18. The molecule has 3 atom stereocenters. The Morgan fingerprint density at radius 1 is 0.886 bits per heavy atom. The minimum atomic E-state index is -0.603. The second kappa shape index (κ2) is 12.1. The number of ether oxygens (including phenoxy) is 1. The van der Waals surface area contributed by atoms with Gasteiger partial charge in [-0.25, -0.2) is 0 Å². The van der Waals surface area contributed by atoms with E-state index < -0.39 is 6.04 Å². The Morgan fingerprint density at radius 3 is 2.27 bits per heavy atom. The first-order chi connectivity index (χ1) is 21.3. The van der Waals surface area contributed by atoms with Crippen LogP contribution in [0.3, 0.4) is 0 Å². The SMILES string of the molecule is CC1(C(=O)N2CCC(C3CCN([C@H]4CCCC[C@H]4Oc4ccc5c(c4)CN(C4CCC(=O)NC4=O)C5=O)CC3)CC2)CCC1. The van der Waals surface area contributed by atoms with Gasteiger partial charge in [0.15, 0.2) is 0 Å². The fraction of sp³-hybridized carbons (Fsp3) is 0.714. The van der Waals surface area contributed by atoms with Crippen molar-refractivity contribution in [3.05, 3.63) is 29.3 Å². The Hall–Kier alpha value is -2.94. The van der Waals surface area contributed by atoms with E-state index in [1.807, 2.05) is 18.2 Å². The first kappa shape index (κ1) is 29.8. The Bertz CT molecular complexity index is 1290. The summed E-state index contributed by atoms with van der Waals surface area (Å²) >= 11 is 0. The number of carbonyl (C=O) groups is 4. The molecular weight excluding hydrogens is 556 g/mol. The highest BCUT2D eigenvalue weighted by Gasteiger charge is 2.44. The smallest absolute Gasteiger partial charge is 0.255 e. The number of amides is 4. The summed E-state index contributed by atoms with van der Waals surface area (Å²) in [5.41, 5.74) is 1.43. The number of imide groups is 1. The van der Waals surface area contributed by atoms with Crippen LogP contribution in [0.25, 0.3) is 0 Å². The average molecular weight is 605 g/mol. The van der Waals surface area contributed by atoms with E-state index in [4.69, 9.17) is 4.74 Å². The number of nitrogens with one attached hydrogen (secondary N) is 1. The summed E-state index contributed by atoms with van der Waals surface area (Å²) in [7, 11) is 0. The number of carbonyl (C=O) groups excluding carboxylic acids is 4. The minimum Gasteiger partial charge on any atom is -0.489 e. The van der Waals surface area contributed by atoms with Crippen LogP contribution < -0.4 is 10.1 Å². The molecule has 44 heavy (non-hydrogen) atoms. The molecule has 5 fully saturated rings. The summed E-state index contributed by atoms with van der Waals surface area (Å²) in [5.74, 6) is 1.89. The molecule has 4 amide bonds. The maximum atomic E-state index is 13.1. The van der Waals surface area contributed by atoms with Gasteiger partial charge in [-0.2, -0.15) is 0 Å². The highest BCUT2D eigenvalue weighted by Crippen LogP contribution is 2.43. The normalized spacial score (nSPS) is 30.1. The molecule has 0 spiro atoms. The topological polar surface area (TPSA) is 99.3 Å². The lowest BCUT2D eigenvalue weighted by Gasteiger charge is -2.46. The molecule has 238 valence electrons. The van der Waals surface area contributed by atoms with Crippen LogP contribution in [0.15, 0.2) is 18.2 Å². The van der Waals surface area contributed by atoms with E-state index in [0.29, 0.717) is 30.5 Å². The van der Waals surface area contributed by atoms with Crippen molar-refractivity contribution in [2.24, 2.45) is 17.3 Å². The van der Waals surface area contributed by atoms with Crippen LogP contribution in [0.2, 0.25) is 0 Å². The van der Waals surface area contributed by atoms with Crippen LogP contribution in [0, 0.1) is 17.3 Å². The summed E-state index contributed by atoms with van der Waals surface area (Å²) in [6.07, 6.45) is 13.4. The van der Waals surface area contributed by atoms with E-state index in [-0.39, 0.29) is 35.7 Å². The van der Waals surface area contributed by atoms with Gasteiger partial charge in [-0.05, 0) is 113 Å². The van der Waals surface area contributed by atoms with Gasteiger partial charge in [0.2, 0.25) is 17.7 Å². The molecule has 0 radical (unpaired) electrons. The molecule has 1 N–H and O–H groups in total. The second-order valence-corrected chi connectivity index (χ2v) is 14.6. The third-order valence-electron chi connectivity index (χ3n) is 12.0. The lowest BCUT2D eigenvalue weighted by Crippen LogP contribution is -2.52. The number of fused-ring (bicyclic) bond motifs is 1. The first-order valence-electron chi connectivity index (χ1n) is 17.3. The Morgan fingerprint density at radius 2 is 1.59 bits per heavy atom. The zero-order chi connectivity index (χ0) is 30.4. The molecule has 6 aliphatic rings. The summed E-state index contributed by atoms with van der Waals surface area (Å²) in [6.45, 7) is 6.64. The number of benzene rings is 1. The fourth-order valence-corrected chi connectivity index (χ4v) is 9.03. The molecule has 4 aliphatic heterocycles. The number of piperidine rings is 3. The van der Waals surface area contributed by atoms with E-state index in [9.17, 15) is 19.2 Å². The van der Waals surface area contributed by atoms with Crippen LogP contribution in [-0.2, 0) is 20.9 Å². The van der Waals surface area contributed by atoms with Gasteiger partial charge < -0.3 is 14.5 Å². The molecule has 1 aromatic rings. The molecule has 9 heteroatoms. The fourth-order valence-electron chi connectivity index (χ4n) is 9.03. The third-order valence-corrected chi connectivity index (χ3v) is 12.0. The zero-order valence-electron chi connectivity index (χ0n) is 26.2. The highest BCUT2D eigenvalue weighted by molar-refractivity contribution is 6.05. The molecule has 0 bridgehead atoms. The third kappa shape index (κ3) is 5.65. The molecule has 3 saturated heterocycles. The number of hydrogen-bond donors (Lipinski definition) is 1. The van der Waals surface area contributed by atoms with E-state index in [1.165, 1.54) is 32.1 Å². The standard InChI is InChI=1S/C35H48N4O5/c1-35(15-4-16-35)34(43)38-19-13-24(14-20-38)23-11-17-37(18-12-23)28-5-2-3-6-30(28)44-26-7-8-27-25(21-26)22-39(33(27)42)29-9-10-31(40)36-32(29)41/h7-8,21,23-24,28-30H,2-6,9-20,22H2,1H3,(H,36,40,41)/t28-,29?,30+/m0/s1. The zero-order valence-corrected chi connectivity index (χ0v) is 26.2. The Balaban J connectivity index is 0.927. The summed E-state index contributed by atoms with van der Waals surface area (Å²) in [6, 6.07) is 5.54. The van der Waals surface area contributed by atoms with Crippen LogP contribution in [0.4, 0.5) is 0 Å². The van der Waals surface area contributed by atoms with Crippen molar-refractivity contribution in [1.29, 1.82) is 0 Å². The van der Waals surface area contributed by atoms with Gasteiger partial charge in [0.05, 0.1) is 0 Å². The van der Waals surface area contributed by atoms with Crippen molar-refractivity contribution >= 4 is 23.6 Å². The molecule has 2 aliphatic carbocycles. The van der Waals surface area contributed by atoms with Crippen LogP contribution in [0.5, 0.6) is 5.75 Å². The van der Waals surface area contributed by atoms with E-state index >= 15 is 0 Å². The quantitative estimate of drug-likeness (QED) is 0.487. The lowest BCUT2D eigenvalue weighted by atomic mass is 9.69. The minimum absolute atomic E-state index is 0.0792. The van der Waals surface area contributed by atoms with Gasteiger partial charge in [0.25, 0.3) is 5.91 Å². The molecule has 2 saturated carbocycles. The van der Waals surface area contributed by atoms with Gasteiger partial charge in [0.1, 0.15) is 17.9 Å². The number of rotatable bonds is 6. The highest BCUT2D eigenvalue weighted by atomic mass is 16.5. The van der Waals surface area contributed by atoms with Crippen molar-refractivity contribution in [1.82, 2.24) is 20.0 Å². The first-order valence-corrected chi connectivity index (χ1v) is 17.3. The summed E-state index contributed by atoms with van der Waals surface area (Å²) < 4.78 is 6.68.